The predicted octanol–water partition coefficient (Wildman–Crippen LogP) is 2.58. The quantitative estimate of drug-likeness (QED) is 0.883. The summed E-state index contributed by atoms with van der Waals surface area (Å²) in [7, 11) is 0. The van der Waals surface area contributed by atoms with Gasteiger partial charge >= 0.3 is 5.97 Å². The Hall–Kier alpha value is -2.01. The molecule has 5 nitrogen and oxygen atoms in total. The molecule has 2 aromatic rings. The zero-order chi connectivity index (χ0) is 13.8. The van der Waals surface area contributed by atoms with Gasteiger partial charge in [0.2, 0.25) is 0 Å². The van der Waals surface area contributed by atoms with Crippen molar-refractivity contribution in [1.82, 2.24) is 9.97 Å². The molecule has 0 amide bonds. The minimum absolute atomic E-state index is 0.0940. The van der Waals surface area contributed by atoms with Crippen LogP contribution in [-0.2, 0) is 17.8 Å². The maximum atomic E-state index is 10.6. The third-order valence-electron chi connectivity index (χ3n) is 2.54. The first-order chi connectivity index (χ1) is 9.04. The molecule has 6 heteroatoms. The SMILES string of the molecule is Cc1[nH]c(COc2ccc(Cl)cc2)nc1CC(=O)O. The number of imidazole rings is 1. The summed E-state index contributed by atoms with van der Waals surface area (Å²) in [6, 6.07) is 6.99. The van der Waals surface area contributed by atoms with Gasteiger partial charge in [-0.15, -0.1) is 0 Å². The fourth-order valence-electron chi connectivity index (χ4n) is 1.63. The fourth-order valence-corrected chi connectivity index (χ4v) is 1.76. The van der Waals surface area contributed by atoms with Crippen LogP contribution in [0.4, 0.5) is 0 Å². The molecular formula is C13H13ClN2O3. The highest BCUT2D eigenvalue weighted by Gasteiger charge is 2.10. The summed E-state index contributed by atoms with van der Waals surface area (Å²) in [5, 5.41) is 9.38. The average molecular weight is 281 g/mol. The molecule has 0 bridgehead atoms. The Kier molecular flexibility index (Phi) is 4.06. The first-order valence-corrected chi connectivity index (χ1v) is 6.07. The second-order valence-corrected chi connectivity index (χ2v) is 4.50. The Balaban J connectivity index is 1.99. The van der Waals surface area contributed by atoms with Gasteiger partial charge in [-0.2, -0.15) is 0 Å². The Labute approximate surface area is 115 Å². The van der Waals surface area contributed by atoms with E-state index in [0.717, 1.165) is 5.69 Å². The number of aromatic nitrogens is 2. The van der Waals surface area contributed by atoms with E-state index in [9.17, 15) is 4.79 Å². The first-order valence-electron chi connectivity index (χ1n) is 5.69. The molecule has 1 aromatic carbocycles. The lowest BCUT2D eigenvalue weighted by molar-refractivity contribution is -0.136. The monoisotopic (exact) mass is 280 g/mol. The van der Waals surface area contributed by atoms with Crippen LogP contribution in [-0.4, -0.2) is 21.0 Å². The number of rotatable bonds is 5. The van der Waals surface area contributed by atoms with Gasteiger partial charge in [0.05, 0.1) is 12.1 Å². The van der Waals surface area contributed by atoms with Crippen molar-refractivity contribution in [1.29, 1.82) is 0 Å². The number of nitrogens with zero attached hydrogens (tertiary/aromatic N) is 1. The van der Waals surface area contributed by atoms with Gasteiger partial charge < -0.3 is 14.8 Å². The third-order valence-corrected chi connectivity index (χ3v) is 2.79. The minimum Gasteiger partial charge on any atom is -0.486 e. The van der Waals surface area contributed by atoms with Crippen LogP contribution >= 0.6 is 11.6 Å². The molecule has 0 spiro atoms. The van der Waals surface area contributed by atoms with Gasteiger partial charge in [0.25, 0.3) is 0 Å². The second-order valence-electron chi connectivity index (χ2n) is 4.07. The molecule has 0 aliphatic carbocycles. The van der Waals surface area contributed by atoms with Crippen LogP contribution in [0.15, 0.2) is 24.3 Å². The number of carboxylic acids is 1. The maximum Gasteiger partial charge on any atom is 0.309 e. The zero-order valence-corrected chi connectivity index (χ0v) is 11.1. The van der Waals surface area contributed by atoms with Crippen LogP contribution in [0.5, 0.6) is 5.75 Å². The fraction of sp³-hybridized carbons (Fsp3) is 0.231. The largest absolute Gasteiger partial charge is 0.486 e. The van der Waals surface area contributed by atoms with E-state index in [2.05, 4.69) is 9.97 Å². The third kappa shape index (κ3) is 3.72. The van der Waals surface area contributed by atoms with Crippen molar-refractivity contribution in [3.63, 3.8) is 0 Å². The number of H-pyrrole nitrogens is 1. The Morgan fingerprint density at radius 1 is 1.42 bits per heavy atom. The van der Waals surface area contributed by atoms with E-state index in [1.54, 1.807) is 31.2 Å². The number of aryl methyl sites for hydroxylation is 1. The van der Waals surface area contributed by atoms with Crippen LogP contribution in [0.1, 0.15) is 17.2 Å². The van der Waals surface area contributed by atoms with Crippen molar-refractivity contribution in [2.45, 2.75) is 20.0 Å². The van der Waals surface area contributed by atoms with Crippen LogP contribution in [0, 0.1) is 6.92 Å². The van der Waals surface area contributed by atoms with Crippen LogP contribution in [0.25, 0.3) is 0 Å². The molecule has 100 valence electrons. The molecule has 19 heavy (non-hydrogen) atoms. The van der Waals surface area contributed by atoms with Crippen molar-refractivity contribution >= 4 is 17.6 Å². The maximum absolute atomic E-state index is 10.6. The van der Waals surface area contributed by atoms with Gasteiger partial charge in [-0.1, -0.05) is 11.6 Å². The Bertz CT molecular complexity index is 578. The number of carbonyl (C=O) groups is 1. The average Bonchev–Trinajstić information content (AvgIpc) is 2.69. The Morgan fingerprint density at radius 2 is 2.11 bits per heavy atom. The van der Waals surface area contributed by atoms with Gasteiger partial charge in [-0.3, -0.25) is 4.79 Å². The molecule has 2 N–H and O–H groups in total. The number of aliphatic carboxylic acids is 1. The normalized spacial score (nSPS) is 10.4. The number of ether oxygens (including phenoxy) is 1. The number of hydrogen-bond donors (Lipinski definition) is 2. The van der Waals surface area contributed by atoms with Gasteiger partial charge in [-0.05, 0) is 31.2 Å². The van der Waals surface area contributed by atoms with E-state index in [0.29, 0.717) is 22.3 Å². The summed E-state index contributed by atoms with van der Waals surface area (Å²) in [4.78, 5) is 17.8. The van der Waals surface area contributed by atoms with Crippen LogP contribution in [0.2, 0.25) is 5.02 Å². The second kappa shape index (κ2) is 5.75. The lowest BCUT2D eigenvalue weighted by atomic mass is 10.3. The lowest BCUT2D eigenvalue weighted by Crippen LogP contribution is -2.02. The summed E-state index contributed by atoms with van der Waals surface area (Å²) in [5.41, 5.74) is 1.28. The number of nitrogens with one attached hydrogen (secondary N) is 1. The standard InChI is InChI=1S/C13H13ClN2O3/c1-8-11(6-13(17)18)16-12(15-8)7-19-10-4-2-9(14)3-5-10/h2-5H,6-7H2,1H3,(H,15,16)(H,17,18). The molecule has 1 heterocycles. The van der Waals surface area contributed by atoms with E-state index in [4.69, 9.17) is 21.4 Å². The predicted molar refractivity (Wildman–Crippen MR) is 70.4 cm³/mol. The van der Waals surface area contributed by atoms with E-state index >= 15 is 0 Å². The molecule has 0 aliphatic rings. The summed E-state index contributed by atoms with van der Waals surface area (Å²) in [6.45, 7) is 2.04. The molecule has 0 atom stereocenters. The van der Waals surface area contributed by atoms with Crippen molar-refractivity contribution in [3.05, 3.63) is 46.5 Å². The minimum atomic E-state index is -0.903. The van der Waals surface area contributed by atoms with E-state index in [-0.39, 0.29) is 13.0 Å². The topological polar surface area (TPSA) is 75.2 Å². The molecule has 0 saturated heterocycles. The summed E-state index contributed by atoms with van der Waals surface area (Å²) in [5.74, 6) is 0.377. The van der Waals surface area contributed by atoms with E-state index < -0.39 is 5.97 Å². The highest BCUT2D eigenvalue weighted by atomic mass is 35.5. The number of aromatic amines is 1. The summed E-state index contributed by atoms with van der Waals surface area (Å²) >= 11 is 5.77. The lowest BCUT2D eigenvalue weighted by Gasteiger charge is -2.03. The number of benzene rings is 1. The highest BCUT2D eigenvalue weighted by Crippen LogP contribution is 2.16. The molecule has 0 fully saturated rings. The molecule has 2 rings (SSSR count). The first kappa shape index (κ1) is 13.4. The van der Waals surface area contributed by atoms with E-state index in [1.807, 2.05) is 0 Å². The molecule has 0 radical (unpaired) electrons. The van der Waals surface area contributed by atoms with Gasteiger partial charge in [0.15, 0.2) is 0 Å². The molecule has 0 unspecified atom stereocenters. The van der Waals surface area contributed by atoms with Crippen LogP contribution < -0.4 is 4.74 Å². The van der Waals surface area contributed by atoms with Crippen molar-refractivity contribution < 1.29 is 14.6 Å². The number of halogens is 1. The molecule has 0 saturated carbocycles. The molecule has 1 aromatic heterocycles. The molecular weight excluding hydrogens is 268 g/mol. The number of hydrogen-bond acceptors (Lipinski definition) is 3. The zero-order valence-electron chi connectivity index (χ0n) is 10.3. The van der Waals surface area contributed by atoms with Gasteiger partial charge in [-0.25, -0.2) is 4.98 Å². The smallest absolute Gasteiger partial charge is 0.309 e. The van der Waals surface area contributed by atoms with Crippen molar-refractivity contribution in [2.24, 2.45) is 0 Å². The van der Waals surface area contributed by atoms with Crippen molar-refractivity contribution in [2.75, 3.05) is 0 Å². The number of carboxylic acid groups (broad SMARTS) is 1. The molecule has 0 aliphatic heterocycles. The summed E-state index contributed by atoms with van der Waals surface area (Å²) in [6.07, 6.45) is -0.0940. The van der Waals surface area contributed by atoms with Gasteiger partial charge in [0.1, 0.15) is 18.2 Å². The Morgan fingerprint density at radius 3 is 2.74 bits per heavy atom. The van der Waals surface area contributed by atoms with Gasteiger partial charge in [0, 0.05) is 10.7 Å². The van der Waals surface area contributed by atoms with E-state index in [1.165, 1.54) is 0 Å². The van der Waals surface area contributed by atoms with Crippen LogP contribution in [0.3, 0.4) is 0 Å². The van der Waals surface area contributed by atoms with Crippen molar-refractivity contribution in [3.8, 4) is 5.75 Å². The highest BCUT2D eigenvalue weighted by molar-refractivity contribution is 6.30. The summed E-state index contributed by atoms with van der Waals surface area (Å²) < 4.78 is 5.52.